The number of ether oxygens (including phenoxy) is 2. The molecule has 3 saturated heterocycles. The average molecular weight is 607 g/mol. The smallest absolute Gasteiger partial charge is 0.319 e. The van der Waals surface area contributed by atoms with Gasteiger partial charge in [0.15, 0.2) is 5.82 Å². The number of hydrogen-bond donors (Lipinski definition) is 2. The van der Waals surface area contributed by atoms with Gasteiger partial charge in [-0.3, -0.25) is 4.90 Å². The maximum atomic E-state index is 16.8. The third kappa shape index (κ3) is 4.33. The minimum Gasteiger partial charge on any atom is -0.508 e. The van der Waals surface area contributed by atoms with E-state index in [1.807, 2.05) is 0 Å². The molecule has 12 heteroatoms. The number of phenols is 1. The van der Waals surface area contributed by atoms with Crippen molar-refractivity contribution < 1.29 is 27.8 Å². The molecule has 4 aliphatic rings. The number of nitrogens with one attached hydrogen (secondary N) is 1. The number of pyridine rings is 1. The summed E-state index contributed by atoms with van der Waals surface area (Å²) in [4.78, 5) is 18.2. The van der Waals surface area contributed by atoms with Crippen molar-refractivity contribution in [2.75, 3.05) is 44.3 Å². The molecular weight excluding hydrogens is 573 g/mol. The van der Waals surface area contributed by atoms with Crippen molar-refractivity contribution in [1.29, 1.82) is 0 Å². The van der Waals surface area contributed by atoms with Crippen molar-refractivity contribution in [3.8, 4) is 28.9 Å². The summed E-state index contributed by atoms with van der Waals surface area (Å²) in [5.41, 5.74) is -0.629. The molecule has 0 bridgehead atoms. The number of benzene rings is 2. The van der Waals surface area contributed by atoms with Crippen LogP contribution >= 0.6 is 0 Å². The largest absolute Gasteiger partial charge is 0.508 e. The number of alkyl halides is 1. The van der Waals surface area contributed by atoms with Crippen molar-refractivity contribution in [1.82, 2.24) is 25.2 Å². The second kappa shape index (κ2) is 10.3. The Balaban J connectivity index is 1.31. The molecule has 3 fully saturated rings. The fraction of sp³-hybridized carbons (Fsp3) is 0.469. The fourth-order valence-electron chi connectivity index (χ4n) is 7.58. The quantitative estimate of drug-likeness (QED) is 0.334. The van der Waals surface area contributed by atoms with Crippen LogP contribution in [0.1, 0.15) is 32.6 Å². The lowest BCUT2D eigenvalue weighted by molar-refractivity contribution is 0.107. The summed E-state index contributed by atoms with van der Waals surface area (Å²) < 4.78 is 58.9. The van der Waals surface area contributed by atoms with Crippen LogP contribution in [-0.2, 0) is 0 Å². The highest BCUT2D eigenvalue weighted by molar-refractivity contribution is 6.02. The Morgan fingerprint density at radius 3 is 2.91 bits per heavy atom. The van der Waals surface area contributed by atoms with Crippen LogP contribution in [0.3, 0.4) is 0 Å². The highest BCUT2D eigenvalue weighted by atomic mass is 19.1. The summed E-state index contributed by atoms with van der Waals surface area (Å²) in [6, 6.07) is 7.23. The van der Waals surface area contributed by atoms with Gasteiger partial charge in [0, 0.05) is 43.0 Å². The monoisotopic (exact) mass is 606 g/mol. The number of fused-ring (bicyclic) bond motifs is 4. The van der Waals surface area contributed by atoms with Crippen LogP contribution in [0.15, 0.2) is 30.3 Å². The zero-order valence-electron chi connectivity index (χ0n) is 24.3. The van der Waals surface area contributed by atoms with E-state index in [-0.39, 0.29) is 65.1 Å². The zero-order valence-corrected chi connectivity index (χ0v) is 24.3. The van der Waals surface area contributed by atoms with Crippen molar-refractivity contribution in [3.05, 3.63) is 42.0 Å². The first-order valence-corrected chi connectivity index (χ1v) is 15.3. The third-order valence-electron chi connectivity index (χ3n) is 9.79. The maximum absolute atomic E-state index is 16.8. The molecule has 2 aromatic carbocycles. The van der Waals surface area contributed by atoms with Gasteiger partial charge in [0.25, 0.3) is 0 Å². The summed E-state index contributed by atoms with van der Waals surface area (Å²) >= 11 is 0. The average Bonchev–Trinajstić information content (AvgIpc) is 3.49. The lowest BCUT2D eigenvalue weighted by Gasteiger charge is -2.39. The van der Waals surface area contributed by atoms with Crippen LogP contribution in [0.25, 0.3) is 32.9 Å². The van der Waals surface area contributed by atoms with Crippen molar-refractivity contribution in [3.63, 3.8) is 0 Å². The Labute approximate surface area is 252 Å². The van der Waals surface area contributed by atoms with Crippen LogP contribution < -0.4 is 19.7 Å². The summed E-state index contributed by atoms with van der Waals surface area (Å²) in [6.07, 6.45) is 2.11. The Kier molecular flexibility index (Phi) is 6.49. The Bertz CT molecular complexity index is 1790. The maximum Gasteiger partial charge on any atom is 0.319 e. The van der Waals surface area contributed by atoms with Gasteiger partial charge in [-0.25, -0.2) is 18.2 Å². The highest BCUT2D eigenvalue weighted by Crippen LogP contribution is 2.44. The summed E-state index contributed by atoms with van der Waals surface area (Å²) in [6.45, 7) is 4.98. The molecule has 2 aromatic heterocycles. The van der Waals surface area contributed by atoms with E-state index in [0.29, 0.717) is 42.6 Å². The molecule has 0 amide bonds. The van der Waals surface area contributed by atoms with Crippen LogP contribution in [0, 0.1) is 11.6 Å². The molecule has 4 atom stereocenters. The van der Waals surface area contributed by atoms with E-state index in [4.69, 9.17) is 14.5 Å². The Hall–Kier alpha value is -3.90. The van der Waals surface area contributed by atoms with Crippen LogP contribution in [-0.4, -0.2) is 88.1 Å². The van der Waals surface area contributed by atoms with Crippen LogP contribution in [0.4, 0.5) is 19.0 Å². The van der Waals surface area contributed by atoms with E-state index in [2.05, 4.69) is 32.0 Å². The topological polar surface area (TPSA) is 95.9 Å². The SMILES string of the molecule is CCC1CN2c3nc(OC[C@@]45CCCN4C[C@H](F)C5)nc4c(F)c(-c5cc(O)cc6cccc(F)c56)nc(c34)OC[C@@H]2CN1. The Morgan fingerprint density at radius 2 is 2.05 bits per heavy atom. The number of aromatic hydroxyl groups is 1. The number of anilines is 1. The van der Waals surface area contributed by atoms with Crippen molar-refractivity contribution in [2.24, 2.45) is 0 Å². The molecule has 1 unspecified atom stereocenters. The predicted octanol–water partition coefficient (Wildman–Crippen LogP) is 4.73. The molecule has 4 aliphatic heterocycles. The van der Waals surface area contributed by atoms with Gasteiger partial charge in [0.05, 0.1) is 11.6 Å². The van der Waals surface area contributed by atoms with E-state index in [1.165, 1.54) is 24.3 Å². The Morgan fingerprint density at radius 1 is 1.16 bits per heavy atom. The molecule has 44 heavy (non-hydrogen) atoms. The zero-order chi connectivity index (χ0) is 30.2. The van der Waals surface area contributed by atoms with Crippen LogP contribution in [0.5, 0.6) is 17.6 Å². The van der Waals surface area contributed by atoms with E-state index in [1.54, 1.807) is 6.07 Å². The predicted molar refractivity (Wildman–Crippen MR) is 159 cm³/mol. The molecule has 230 valence electrons. The number of phenolic OH excluding ortho intramolecular Hbond substituents is 1. The van der Waals surface area contributed by atoms with E-state index in [9.17, 15) is 9.50 Å². The van der Waals surface area contributed by atoms with Gasteiger partial charge in [-0.1, -0.05) is 19.1 Å². The first-order valence-electron chi connectivity index (χ1n) is 15.3. The van der Waals surface area contributed by atoms with Gasteiger partial charge in [-0.15, -0.1) is 0 Å². The first kappa shape index (κ1) is 27.6. The minimum absolute atomic E-state index is 0.0165. The molecule has 0 saturated carbocycles. The number of piperazine rings is 1. The summed E-state index contributed by atoms with van der Waals surface area (Å²) in [5, 5.41) is 14.9. The van der Waals surface area contributed by atoms with Gasteiger partial charge in [-0.05, 0) is 49.4 Å². The lowest BCUT2D eigenvalue weighted by atomic mass is 9.95. The van der Waals surface area contributed by atoms with Gasteiger partial charge < -0.3 is 24.8 Å². The van der Waals surface area contributed by atoms with E-state index in [0.717, 1.165) is 25.8 Å². The number of hydrogen-bond acceptors (Lipinski definition) is 9. The highest BCUT2D eigenvalue weighted by Gasteiger charge is 2.49. The molecule has 8 rings (SSSR count). The van der Waals surface area contributed by atoms with Gasteiger partial charge in [-0.2, -0.15) is 9.97 Å². The summed E-state index contributed by atoms with van der Waals surface area (Å²) in [5.74, 6) is -0.944. The van der Waals surface area contributed by atoms with Crippen LogP contribution in [0.2, 0.25) is 0 Å². The van der Waals surface area contributed by atoms with Gasteiger partial charge in [0.2, 0.25) is 5.88 Å². The normalized spacial score (nSPS) is 26.5. The molecule has 2 N–H and O–H groups in total. The molecule has 4 aromatic rings. The molecule has 0 spiro atoms. The molecule has 9 nitrogen and oxygen atoms in total. The number of rotatable bonds is 5. The molecule has 6 heterocycles. The second-order valence-corrected chi connectivity index (χ2v) is 12.5. The minimum atomic E-state index is -0.919. The summed E-state index contributed by atoms with van der Waals surface area (Å²) in [7, 11) is 0. The third-order valence-corrected chi connectivity index (χ3v) is 9.79. The van der Waals surface area contributed by atoms with E-state index >= 15 is 8.78 Å². The van der Waals surface area contributed by atoms with E-state index < -0.39 is 23.3 Å². The van der Waals surface area contributed by atoms with Gasteiger partial charge in [0.1, 0.15) is 53.4 Å². The number of halogens is 3. The van der Waals surface area contributed by atoms with Crippen molar-refractivity contribution in [2.45, 2.75) is 56.4 Å². The molecule has 0 aliphatic carbocycles. The standard InChI is InChI=1S/C32H33F3N6O3/c1-2-19-14-41-20(12-36-19)15-43-30-25-28(26(35)27(37-30)22-10-21(42)9-17-5-3-6-23(34)24(17)22)38-31(39-29(25)41)44-16-32-7-4-8-40(32)13-18(33)11-32/h3,5-6,9-10,18-20,36,42H,2,4,7-8,11-16H2,1H3/t18-,19?,20+,32+/m1/s1. The fourth-order valence-corrected chi connectivity index (χ4v) is 7.58. The molecular formula is C32H33F3N6O3. The number of nitrogens with zero attached hydrogens (tertiary/aromatic N) is 5. The van der Waals surface area contributed by atoms with Crippen molar-refractivity contribution >= 4 is 27.5 Å². The van der Waals surface area contributed by atoms with Gasteiger partial charge >= 0.3 is 6.01 Å². The molecule has 0 radical (unpaired) electrons. The number of aromatic nitrogens is 3. The second-order valence-electron chi connectivity index (χ2n) is 12.5. The lowest BCUT2D eigenvalue weighted by Crippen LogP contribution is -2.58. The first-order chi connectivity index (χ1) is 21.3.